The van der Waals surface area contributed by atoms with E-state index in [1.54, 1.807) is 0 Å². The average molecular weight is 354 g/mol. The molecule has 1 aromatic heterocycles. The van der Waals surface area contributed by atoms with Crippen LogP contribution in [-0.2, 0) is 10.2 Å². The number of benzene rings is 1. The second-order valence-corrected chi connectivity index (χ2v) is 5.49. The molecule has 2 N–H and O–H groups in total. The molecule has 23 heavy (non-hydrogen) atoms. The third-order valence-corrected chi connectivity index (χ3v) is 3.60. The molecule has 2 rings (SSSR count). The number of rotatable bonds is 4. The van der Waals surface area contributed by atoms with Gasteiger partial charge in [0.2, 0.25) is 0 Å². The van der Waals surface area contributed by atoms with Crippen molar-refractivity contribution in [1.82, 2.24) is 3.97 Å². The van der Waals surface area contributed by atoms with E-state index < -0.39 is 27.8 Å². The molecule has 0 aliphatic rings. The van der Waals surface area contributed by atoms with Crippen LogP contribution in [0.4, 0.5) is 0 Å². The van der Waals surface area contributed by atoms with Gasteiger partial charge in [0.25, 0.3) is 0 Å². The predicted octanol–water partition coefficient (Wildman–Crippen LogP) is -8.06. The summed E-state index contributed by atoms with van der Waals surface area (Å²) in [5.41, 5.74) is -0.408. The van der Waals surface area contributed by atoms with Gasteiger partial charge in [-0.2, -0.15) is 8.42 Å². The number of nitrogens with two attached hydrogens (primary N) is 1. The number of carboxylic acids is 2. The summed E-state index contributed by atoms with van der Waals surface area (Å²) >= 11 is 0. The van der Waals surface area contributed by atoms with E-state index in [1.165, 1.54) is 30.3 Å². The van der Waals surface area contributed by atoms with E-state index in [0.717, 1.165) is 6.20 Å². The normalized spacial score (nSPS) is 10.3. The molecule has 0 saturated heterocycles. The number of hydrogen-bond donors (Lipinski definition) is 1. The summed E-state index contributed by atoms with van der Waals surface area (Å²) in [4.78, 5) is 21.8. The van der Waals surface area contributed by atoms with Crippen molar-refractivity contribution in [1.29, 1.82) is 0 Å². The molecule has 1 heterocycles. The number of nitrogens with zero attached hydrogens (tertiary/aromatic N) is 1. The van der Waals surface area contributed by atoms with Gasteiger partial charge in [0.15, 0.2) is 0 Å². The van der Waals surface area contributed by atoms with Crippen LogP contribution in [-0.4, -0.2) is 24.3 Å². The van der Waals surface area contributed by atoms with Gasteiger partial charge in [0, 0.05) is 11.8 Å². The third kappa shape index (κ3) is 4.91. The van der Waals surface area contributed by atoms with Crippen molar-refractivity contribution in [2.75, 3.05) is 0 Å². The van der Waals surface area contributed by atoms with Crippen LogP contribution in [0.15, 0.2) is 36.5 Å². The first-order chi connectivity index (χ1) is 9.71. The Labute approximate surface area is 176 Å². The molecule has 0 fully saturated rings. The van der Waals surface area contributed by atoms with E-state index in [0.29, 0.717) is 9.54 Å². The summed E-state index contributed by atoms with van der Waals surface area (Å²) in [6.45, 7) is 0. The molecule has 8 nitrogen and oxygen atoms in total. The molecule has 0 unspecified atom stereocenters. The van der Waals surface area contributed by atoms with Crippen LogP contribution in [0, 0.1) is 0 Å². The maximum atomic E-state index is 11.3. The van der Waals surface area contributed by atoms with Crippen molar-refractivity contribution in [3.63, 3.8) is 0 Å². The Bertz CT molecular complexity index is 830. The minimum absolute atomic E-state index is 0. The standard InChI is InChI=1S/C12H10N2O6S.2Na/c13-21(19,20)14-6-5-9(10(14)12(17)18)7-1-3-8(4-2-7)11(15)16;;/h1-6H,(H,15,16)(H,17,18)(H2,13,19,20);;/q;2*+1/p-2. The van der Waals surface area contributed by atoms with Gasteiger partial charge in [-0.25, -0.2) is 9.11 Å². The Morgan fingerprint density at radius 3 is 1.87 bits per heavy atom. The molecule has 2 aromatic rings. The number of carbonyl (C=O) groups is 2. The zero-order chi connectivity index (χ0) is 15.8. The first-order valence-corrected chi connectivity index (χ1v) is 7.00. The molecule has 0 radical (unpaired) electrons. The Morgan fingerprint density at radius 2 is 1.48 bits per heavy atom. The summed E-state index contributed by atoms with van der Waals surface area (Å²) in [6, 6.07) is 6.28. The van der Waals surface area contributed by atoms with Gasteiger partial charge in [-0.05, 0) is 17.2 Å². The van der Waals surface area contributed by atoms with Crippen molar-refractivity contribution < 1.29 is 87.3 Å². The van der Waals surface area contributed by atoms with Gasteiger partial charge in [-0.3, -0.25) is 0 Å². The van der Waals surface area contributed by atoms with Gasteiger partial charge in [0.1, 0.15) is 0 Å². The van der Waals surface area contributed by atoms with Gasteiger partial charge in [-0.1, -0.05) is 24.3 Å². The molecule has 110 valence electrons. The number of carbonyl (C=O) groups excluding carboxylic acids is 2. The Kier molecular flexibility index (Phi) is 8.21. The monoisotopic (exact) mass is 354 g/mol. The smallest absolute Gasteiger partial charge is 0.545 e. The van der Waals surface area contributed by atoms with Crippen molar-refractivity contribution in [3.05, 3.63) is 47.8 Å². The SMILES string of the molecule is NS(=O)(=O)n1ccc(-c2ccc(C(=O)[O-])cc2)c1C(=O)[O-].[Na+].[Na+]. The molecule has 1 aromatic carbocycles. The van der Waals surface area contributed by atoms with E-state index >= 15 is 0 Å². The van der Waals surface area contributed by atoms with Crippen molar-refractivity contribution >= 4 is 22.1 Å². The maximum absolute atomic E-state index is 11.3. The first kappa shape index (κ1) is 22.4. The number of carboxylic acid groups (broad SMARTS) is 2. The van der Waals surface area contributed by atoms with Crippen molar-refractivity contribution in [2.45, 2.75) is 0 Å². The molecule has 0 aliphatic heterocycles. The fraction of sp³-hybridized carbons (Fsp3) is 0. The van der Waals surface area contributed by atoms with E-state index in [-0.39, 0.29) is 70.2 Å². The van der Waals surface area contributed by atoms with Gasteiger partial charge < -0.3 is 19.8 Å². The van der Waals surface area contributed by atoms with Crippen LogP contribution >= 0.6 is 0 Å². The quantitative estimate of drug-likeness (QED) is 0.540. The average Bonchev–Trinajstić information content (AvgIpc) is 2.83. The summed E-state index contributed by atoms with van der Waals surface area (Å²) in [7, 11) is -4.30. The Hall–Kier alpha value is -0.650. The Balaban J connectivity index is 0.00000242. The van der Waals surface area contributed by atoms with E-state index in [4.69, 9.17) is 5.14 Å². The molecule has 0 spiro atoms. The van der Waals surface area contributed by atoms with Gasteiger partial charge in [-0.15, -0.1) is 0 Å². The number of aromatic carboxylic acids is 2. The van der Waals surface area contributed by atoms with E-state index in [9.17, 15) is 28.2 Å². The van der Waals surface area contributed by atoms with E-state index in [2.05, 4.69) is 0 Å². The summed E-state index contributed by atoms with van der Waals surface area (Å²) in [6.07, 6.45) is 0.975. The van der Waals surface area contributed by atoms with Crippen LogP contribution in [0.25, 0.3) is 11.1 Å². The summed E-state index contributed by atoms with van der Waals surface area (Å²) in [5, 5.41) is 26.7. The zero-order valence-electron chi connectivity index (χ0n) is 12.3. The second kappa shape index (κ2) is 8.45. The second-order valence-electron chi connectivity index (χ2n) is 4.07. The van der Waals surface area contributed by atoms with Gasteiger partial charge in [0.05, 0.1) is 17.6 Å². The third-order valence-electron chi connectivity index (χ3n) is 2.75. The maximum Gasteiger partial charge on any atom is 1.00 e. The molecule has 0 aliphatic carbocycles. The van der Waals surface area contributed by atoms with Crippen LogP contribution in [0.2, 0.25) is 0 Å². The topological polar surface area (TPSA) is 145 Å². The van der Waals surface area contributed by atoms with Crippen LogP contribution < -0.4 is 74.5 Å². The van der Waals surface area contributed by atoms with Crippen LogP contribution in [0.5, 0.6) is 0 Å². The fourth-order valence-corrected chi connectivity index (χ4v) is 2.50. The fourth-order valence-electron chi connectivity index (χ4n) is 1.85. The minimum atomic E-state index is -4.30. The van der Waals surface area contributed by atoms with E-state index in [1.807, 2.05) is 0 Å². The van der Waals surface area contributed by atoms with Crippen molar-refractivity contribution in [2.24, 2.45) is 5.14 Å². The minimum Gasteiger partial charge on any atom is -0.545 e. The van der Waals surface area contributed by atoms with Crippen LogP contribution in [0.1, 0.15) is 20.8 Å². The first-order valence-electron chi connectivity index (χ1n) is 5.49. The van der Waals surface area contributed by atoms with Gasteiger partial charge >= 0.3 is 69.3 Å². The number of aromatic nitrogens is 1. The summed E-state index contributed by atoms with van der Waals surface area (Å²) < 4.78 is 23.0. The van der Waals surface area contributed by atoms with Crippen LogP contribution in [0.3, 0.4) is 0 Å². The predicted molar refractivity (Wildman–Crippen MR) is 67.0 cm³/mol. The molecule has 11 heteroatoms. The molecule has 0 bridgehead atoms. The number of hydrogen-bond acceptors (Lipinski definition) is 6. The van der Waals surface area contributed by atoms with Crippen molar-refractivity contribution in [3.8, 4) is 11.1 Å². The largest absolute Gasteiger partial charge is 1.00 e. The molecule has 0 atom stereocenters. The molecule has 0 amide bonds. The Morgan fingerprint density at radius 1 is 0.957 bits per heavy atom. The molecule has 0 saturated carbocycles. The summed E-state index contributed by atoms with van der Waals surface area (Å²) in [5.74, 6) is -3.11. The molecular formula is C12H8N2Na2O6S. The zero-order valence-corrected chi connectivity index (χ0v) is 17.2. The molecular weight excluding hydrogens is 346 g/mol.